The molecule has 5 nitrogen and oxygen atoms in total. The molecule has 186 valence electrons. The van der Waals surface area contributed by atoms with Crippen LogP contribution < -0.4 is 9.47 Å². The maximum absolute atomic E-state index is 13.6. The zero-order chi connectivity index (χ0) is 24.9. The van der Waals surface area contributed by atoms with Gasteiger partial charge < -0.3 is 9.47 Å². The quantitative estimate of drug-likeness (QED) is 0.370. The molecule has 0 aromatic heterocycles. The summed E-state index contributed by atoms with van der Waals surface area (Å²) in [6, 6.07) is 22.3. The Bertz CT molecular complexity index is 1280. The SMILES string of the molecule is COc1ccc2c(c1)S(=O)C(C(=O)c1ccccc1)=C2c1ccc(OCCN2CCCCCC2)cc1. The molecule has 1 saturated heterocycles. The monoisotopic (exact) mass is 501 g/mol. The molecule has 1 fully saturated rings. The maximum atomic E-state index is 13.6. The number of Topliss-reactive ketones (excluding diaryl/α,β-unsaturated/α-hetero) is 1. The van der Waals surface area contributed by atoms with Crippen molar-refractivity contribution in [3.8, 4) is 11.5 Å². The molecule has 0 saturated carbocycles. The third kappa shape index (κ3) is 5.15. The number of fused-ring (bicyclic) bond motifs is 1. The van der Waals surface area contributed by atoms with Gasteiger partial charge in [0.1, 0.15) is 23.0 Å². The van der Waals surface area contributed by atoms with Gasteiger partial charge in [-0.2, -0.15) is 0 Å². The molecule has 0 aliphatic carbocycles. The van der Waals surface area contributed by atoms with E-state index in [0.717, 1.165) is 36.5 Å². The van der Waals surface area contributed by atoms with Gasteiger partial charge in [0.15, 0.2) is 0 Å². The molecule has 2 aliphatic heterocycles. The van der Waals surface area contributed by atoms with Crippen molar-refractivity contribution >= 4 is 22.2 Å². The van der Waals surface area contributed by atoms with Gasteiger partial charge in [0, 0.05) is 23.2 Å². The second-order valence-corrected chi connectivity index (χ2v) is 10.5. The van der Waals surface area contributed by atoms with Crippen LogP contribution in [0, 0.1) is 0 Å². The highest BCUT2D eigenvalue weighted by atomic mass is 32.2. The molecule has 2 aliphatic rings. The molecule has 6 heteroatoms. The van der Waals surface area contributed by atoms with Crippen LogP contribution in [0.15, 0.2) is 82.6 Å². The fraction of sp³-hybridized carbons (Fsp3) is 0.300. The predicted molar refractivity (Wildman–Crippen MR) is 143 cm³/mol. The number of carbonyl (C=O) groups excluding carboxylic acids is 1. The van der Waals surface area contributed by atoms with E-state index in [0.29, 0.717) is 33.3 Å². The van der Waals surface area contributed by atoms with Crippen molar-refractivity contribution in [1.82, 2.24) is 4.90 Å². The van der Waals surface area contributed by atoms with Crippen molar-refractivity contribution in [3.05, 3.63) is 94.4 Å². The minimum absolute atomic E-state index is 0.225. The van der Waals surface area contributed by atoms with Gasteiger partial charge in [-0.1, -0.05) is 55.3 Å². The summed E-state index contributed by atoms with van der Waals surface area (Å²) in [5, 5.41) is 0. The number of nitrogens with zero attached hydrogens (tertiary/aromatic N) is 1. The number of ether oxygens (including phenoxy) is 2. The van der Waals surface area contributed by atoms with Crippen LogP contribution >= 0.6 is 0 Å². The fourth-order valence-corrected chi connectivity index (χ4v) is 6.40. The van der Waals surface area contributed by atoms with Gasteiger partial charge in [-0.3, -0.25) is 9.69 Å². The van der Waals surface area contributed by atoms with Gasteiger partial charge in [-0.15, -0.1) is 0 Å². The number of rotatable bonds is 8. The molecule has 0 bridgehead atoms. The van der Waals surface area contributed by atoms with Crippen LogP contribution in [0.3, 0.4) is 0 Å². The molecule has 36 heavy (non-hydrogen) atoms. The Morgan fingerprint density at radius 3 is 2.28 bits per heavy atom. The number of methoxy groups -OCH3 is 1. The Labute approximate surface area is 215 Å². The van der Waals surface area contributed by atoms with Crippen LogP contribution in [0.2, 0.25) is 0 Å². The predicted octanol–water partition coefficient (Wildman–Crippen LogP) is 5.71. The van der Waals surface area contributed by atoms with Crippen molar-refractivity contribution in [2.24, 2.45) is 0 Å². The van der Waals surface area contributed by atoms with Crippen LogP contribution in [0.5, 0.6) is 11.5 Å². The lowest BCUT2D eigenvalue weighted by molar-refractivity contribution is 0.104. The lowest BCUT2D eigenvalue weighted by Gasteiger charge is -2.19. The molecule has 5 rings (SSSR count). The van der Waals surface area contributed by atoms with E-state index in [1.165, 1.54) is 25.7 Å². The molecular weight excluding hydrogens is 470 g/mol. The largest absolute Gasteiger partial charge is 0.497 e. The van der Waals surface area contributed by atoms with Gasteiger partial charge in [0.05, 0.1) is 22.8 Å². The molecule has 3 aromatic carbocycles. The lowest BCUT2D eigenvalue weighted by Crippen LogP contribution is -2.29. The van der Waals surface area contributed by atoms with Gasteiger partial charge in [0.25, 0.3) is 0 Å². The number of likely N-dealkylation sites (tertiary alicyclic amines) is 1. The van der Waals surface area contributed by atoms with Crippen LogP contribution in [0.25, 0.3) is 5.57 Å². The van der Waals surface area contributed by atoms with Crippen molar-refractivity contribution in [3.63, 3.8) is 0 Å². The first-order chi connectivity index (χ1) is 17.7. The van der Waals surface area contributed by atoms with Crippen molar-refractivity contribution in [1.29, 1.82) is 0 Å². The minimum Gasteiger partial charge on any atom is -0.497 e. The Kier molecular flexibility index (Phi) is 7.63. The van der Waals surface area contributed by atoms with Crippen molar-refractivity contribution < 1.29 is 18.5 Å². The highest BCUT2D eigenvalue weighted by Crippen LogP contribution is 2.43. The van der Waals surface area contributed by atoms with E-state index >= 15 is 0 Å². The molecule has 0 spiro atoms. The molecule has 0 amide bonds. The minimum atomic E-state index is -1.61. The lowest BCUT2D eigenvalue weighted by atomic mass is 9.95. The third-order valence-corrected chi connectivity index (χ3v) is 8.33. The average molecular weight is 502 g/mol. The van der Waals surface area contributed by atoms with E-state index in [1.54, 1.807) is 25.3 Å². The summed E-state index contributed by atoms with van der Waals surface area (Å²) in [7, 11) is -0.0310. The van der Waals surface area contributed by atoms with Gasteiger partial charge in [-0.25, -0.2) is 4.21 Å². The molecule has 1 atom stereocenters. The Morgan fingerprint density at radius 2 is 1.58 bits per heavy atom. The maximum Gasteiger partial charge on any atom is 0.202 e. The summed E-state index contributed by atoms with van der Waals surface area (Å²) in [6.07, 6.45) is 5.18. The van der Waals surface area contributed by atoms with Crippen LogP contribution in [0.4, 0.5) is 0 Å². The summed E-state index contributed by atoms with van der Waals surface area (Å²) in [5.41, 5.74) is 2.86. The molecule has 3 aromatic rings. The van der Waals surface area contributed by atoms with Gasteiger partial charge >= 0.3 is 0 Å². The van der Waals surface area contributed by atoms with E-state index in [2.05, 4.69) is 4.90 Å². The molecule has 1 unspecified atom stereocenters. The zero-order valence-electron chi connectivity index (χ0n) is 20.6. The number of hydrogen-bond acceptors (Lipinski definition) is 5. The fourth-order valence-electron chi connectivity index (χ4n) is 4.89. The Morgan fingerprint density at radius 1 is 0.889 bits per heavy atom. The van der Waals surface area contributed by atoms with Crippen LogP contribution in [-0.4, -0.2) is 48.2 Å². The second kappa shape index (κ2) is 11.2. The standard InChI is InChI=1S/C30H31NO4S/c1-34-25-15-16-26-27(21-25)36(33)30(29(32)23-9-5-4-6-10-23)28(26)22-11-13-24(14-12-22)35-20-19-31-17-7-2-3-8-18-31/h4-6,9-16,21H,2-3,7-8,17-20H2,1H3. The Balaban J connectivity index is 1.42. The number of hydrogen-bond donors (Lipinski definition) is 0. The molecular formula is C30H31NO4S. The van der Waals surface area contributed by atoms with Gasteiger partial charge in [0.2, 0.25) is 5.78 Å². The molecule has 0 N–H and O–H groups in total. The number of carbonyl (C=O) groups is 1. The first-order valence-electron chi connectivity index (χ1n) is 12.6. The normalized spacial score (nSPS) is 18.0. The summed E-state index contributed by atoms with van der Waals surface area (Å²) in [6.45, 7) is 3.87. The summed E-state index contributed by atoms with van der Waals surface area (Å²) in [4.78, 5) is 16.9. The van der Waals surface area contributed by atoms with E-state index in [4.69, 9.17) is 9.47 Å². The first-order valence-corrected chi connectivity index (χ1v) is 13.7. The number of benzene rings is 3. The zero-order valence-corrected chi connectivity index (χ0v) is 21.4. The second-order valence-electron chi connectivity index (χ2n) is 9.16. The topological polar surface area (TPSA) is 55.8 Å². The van der Waals surface area contributed by atoms with Crippen molar-refractivity contribution in [2.45, 2.75) is 30.6 Å². The number of ketones is 1. The molecule has 2 heterocycles. The summed E-state index contributed by atoms with van der Waals surface area (Å²) in [5.74, 6) is 1.18. The smallest absolute Gasteiger partial charge is 0.202 e. The van der Waals surface area contributed by atoms with Crippen LogP contribution in [0.1, 0.15) is 47.2 Å². The van der Waals surface area contributed by atoms with E-state index in [9.17, 15) is 9.00 Å². The van der Waals surface area contributed by atoms with E-state index in [-0.39, 0.29) is 5.78 Å². The van der Waals surface area contributed by atoms with E-state index in [1.807, 2.05) is 54.6 Å². The van der Waals surface area contributed by atoms with Crippen LogP contribution in [-0.2, 0) is 10.8 Å². The third-order valence-electron chi connectivity index (χ3n) is 6.83. The highest BCUT2D eigenvalue weighted by molar-refractivity contribution is 7.90. The number of allylic oxidation sites excluding steroid dienone is 1. The molecule has 0 radical (unpaired) electrons. The summed E-state index contributed by atoms with van der Waals surface area (Å²) >= 11 is 0. The highest BCUT2D eigenvalue weighted by Gasteiger charge is 2.34. The van der Waals surface area contributed by atoms with Gasteiger partial charge in [-0.05, 0) is 61.8 Å². The van der Waals surface area contributed by atoms with E-state index < -0.39 is 10.8 Å². The average Bonchev–Trinajstić information content (AvgIpc) is 3.05. The first kappa shape index (κ1) is 24.5. The van der Waals surface area contributed by atoms with Crippen molar-refractivity contribution in [2.75, 3.05) is 33.4 Å². The Hall–Kier alpha value is -3.22. The summed E-state index contributed by atoms with van der Waals surface area (Å²) < 4.78 is 25.0.